The number of amidine groups is 1. The highest BCUT2D eigenvalue weighted by molar-refractivity contribution is 7.89. The molecule has 0 saturated heterocycles. The number of nitrogens with two attached hydrogens (primary N) is 1. The van der Waals surface area contributed by atoms with Gasteiger partial charge in [-0.05, 0) is 35.7 Å². The molecule has 0 amide bonds. The number of anilines is 1. The minimum absolute atomic E-state index is 0.0337. The predicted molar refractivity (Wildman–Crippen MR) is 164 cm³/mol. The van der Waals surface area contributed by atoms with Crippen molar-refractivity contribution in [3.05, 3.63) is 119 Å². The van der Waals surface area contributed by atoms with E-state index < -0.39 is 10.0 Å². The third-order valence-electron chi connectivity index (χ3n) is 6.26. The molecule has 4 aromatic carbocycles. The average molecular weight is 593 g/mol. The number of nitrogens with one attached hydrogen (secondary N) is 1. The quantitative estimate of drug-likeness (QED) is 0.0870. The first kappa shape index (κ1) is 29.9. The first-order chi connectivity index (χ1) is 19.8. The molecule has 41 heavy (non-hydrogen) atoms. The van der Waals surface area contributed by atoms with E-state index in [-0.39, 0.29) is 29.7 Å². The minimum atomic E-state index is -3.96. The number of ether oxygens (including phenoxy) is 2. The van der Waals surface area contributed by atoms with Crippen LogP contribution >= 0.6 is 11.6 Å². The summed E-state index contributed by atoms with van der Waals surface area (Å²) in [4.78, 5) is -0.0337. The Kier molecular flexibility index (Phi) is 10.2. The maximum atomic E-state index is 13.8. The van der Waals surface area contributed by atoms with Gasteiger partial charge < -0.3 is 20.6 Å². The SMILES string of the molecule is CCCN(C)S(=O)(=O)c1cc(/C(=N/N)Nc2ccccc2Cl)c(OCc2ccccc2)cc1OCc1ccccc1. The van der Waals surface area contributed by atoms with E-state index in [0.29, 0.717) is 35.0 Å². The van der Waals surface area contributed by atoms with Crippen LogP contribution in [0.15, 0.2) is 107 Å². The Morgan fingerprint density at radius 2 is 1.44 bits per heavy atom. The van der Waals surface area contributed by atoms with E-state index in [1.54, 1.807) is 31.3 Å². The highest BCUT2D eigenvalue weighted by Gasteiger charge is 2.28. The summed E-state index contributed by atoms with van der Waals surface area (Å²) in [7, 11) is -2.42. The lowest BCUT2D eigenvalue weighted by molar-refractivity contribution is 0.283. The number of hydrogen-bond acceptors (Lipinski definition) is 6. The van der Waals surface area contributed by atoms with Gasteiger partial charge in [-0.2, -0.15) is 5.10 Å². The zero-order valence-electron chi connectivity index (χ0n) is 23.0. The Bertz CT molecular complexity index is 1580. The molecule has 0 fully saturated rings. The van der Waals surface area contributed by atoms with Crippen molar-refractivity contribution in [3.8, 4) is 11.5 Å². The highest BCUT2D eigenvalue weighted by atomic mass is 35.5. The lowest BCUT2D eigenvalue weighted by atomic mass is 10.1. The van der Waals surface area contributed by atoms with Crippen LogP contribution in [0.2, 0.25) is 5.02 Å². The van der Waals surface area contributed by atoms with Crippen LogP contribution in [0, 0.1) is 0 Å². The number of hydrazone groups is 1. The fraction of sp³-hybridized carbons (Fsp3) is 0.194. The van der Waals surface area contributed by atoms with Gasteiger partial charge in [-0.25, -0.2) is 12.7 Å². The smallest absolute Gasteiger partial charge is 0.246 e. The molecule has 0 aliphatic carbocycles. The third-order valence-corrected chi connectivity index (χ3v) is 8.47. The fourth-order valence-electron chi connectivity index (χ4n) is 4.09. The van der Waals surface area contributed by atoms with Crippen molar-refractivity contribution in [1.82, 2.24) is 4.31 Å². The van der Waals surface area contributed by atoms with Gasteiger partial charge in [0.2, 0.25) is 10.0 Å². The molecular formula is C31H33ClN4O4S. The second kappa shape index (κ2) is 14.0. The lowest BCUT2D eigenvalue weighted by Gasteiger charge is -2.22. The summed E-state index contributed by atoms with van der Waals surface area (Å²) in [5.74, 6) is 6.51. The van der Waals surface area contributed by atoms with Crippen molar-refractivity contribution in [2.24, 2.45) is 10.9 Å². The van der Waals surface area contributed by atoms with Crippen LogP contribution in [0.3, 0.4) is 0 Å². The molecule has 8 nitrogen and oxygen atoms in total. The van der Waals surface area contributed by atoms with Gasteiger partial charge in [-0.3, -0.25) is 0 Å². The molecule has 0 aromatic heterocycles. The van der Waals surface area contributed by atoms with Crippen LogP contribution in [0.5, 0.6) is 11.5 Å². The zero-order chi connectivity index (χ0) is 29.2. The van der Waals surface area contributed by atoms with E-state index in [9.17, 15) is 8.42 Å². The van der Waals surface area contributed by atoms with Gasteiger partial charge in [0, 0.05) is 19.7 Å². The Balaban J connectivity index is 1.84. The topological polar surface area (TPSA) is 106 Å². The molecular weight excluding hydrogens is 560 g/mol. The molecule has 0 saturated carbocycles. The summed E-state index contributed by atoms with van der Waals surface area (Å²) in [5, 5.41) is 7.52. The molecule has 0 radical (unpaired) electrons. The van der Waals surface area contributed by atoms with Crippen LogP contribution in [0.4, 0.5) is 5.69 Å². The second-order valence-electron chi connectivity index (χ2n) is 9.25. The van der Waals surface area contributed by atoms with Gasteiger partial charge in [0.05, 0.1) is 16.3 Å². The molecule has 4 aromatic rings. The van der Waals surface area contributed by atoms with E-state index in [1.807, 2.05) is 73.7 Å². The standard InChI is InChI=1S/C31H33ClN4O4S/c1-3-18-36(2)41(37,38)30-19-25(31(35-33)34-27-17-11-10-16-26(27)32)28(39-21-23-12-6-4-7-13-23)20-29(30)40-22-24-14-8-5-9-15-24/h4-17,19-20H,3,18,21-22,33H2,1-2H3,(H,34,35). The molecule has 0 aliphatic heterocycles. The first-order valence-corrected chi connectivity index (χ1v) is 14.9. The van der Waals surface area contributed by atoms with E-state index in [4.69, 9.17) is 26.9 Å². The van der Waals surface area contributed by atoms with Crippen LogP contribution < -0.4 is 20.6 Å². The molecule has 3 N–H and O–H groups in total. The normalized spacial score (nSPS) is 11.9. The Morgan fingerprint density at radius 1 is 0.878 bits per heavy atom. The predicted octanol–water partition coefficient (Wildman–Crippen LogP) is 6.26. The van der Waals surface area contributed by atoms with E-state index in [1.165, 1.54) is 10.4 Å². The van der Waals surface area contributed by atoms with Crippen molar-refractivity contribution >= 4 is 33.1 Å². The van der Waals surface area contributed by atoms with E-state index >= 15 is 0 Å². The van der Waals surface area contributed by atoms with Crippen molar-refractivity contribution in [3.63, 3.8) is 0 Å². The monoisotopic (exact) mass is 592 g/mol. The van der Waals surface area contributed by atoms with E-state index in [0.717, 1.165) is 11.1 Å². The molecule has 0 unspecified atom stereocenters. The summed E-state index contributed by atoms with van der Waals surface area (Å²) in [6, 6.07) is 29.3. The minimum Gasteiger partial charge on any atom is -0.488 e. The zero-order valence-corrected chi connectivity index (χ0v) is 24.5. The Hall–Kier alpha value is -4.05. The van der Waals surface area contributed by atoms with Crippen LogP contribution in [-0.4, -0.2) is 32.2 Å². The lowest BCUT2D eigenvalue weighted by Crippen LogP contribution is -2.28. The summed E-state index contributed by atoms with van der Waals surface area (Å²) >= 11 is 6.39. The number of para-hydroxylation sites is 1. The number of sulfonamides is 1. The van der Waals surface area contributed by atoms with Gasteiger partial charge in [0.15, 0.2) is 5.84 Å². The highest BCUT2D eigenvalue weighted by Crippen LogP contribution is 2.36. The number of nitrogens with zero attached hydrogens (tertiary/aromatic N) is 2. The summed E-state index contributed by atoms with van der Waals surface area (Å²) in [6.45, 7) is 2.63. The van der Waals surface area contributed by atoms with Gasteiger partial charge in [-0.1, -0.05) is 91.3 Å². The van der Waals surface area contributed by atoms with E-state index in [2.05, 4.69) is 10.4 Å². The molecule has 214 valence electrons. The number of benzene rings is 4. The summed E-state index contributed by atoms with van der Waals surface area (Å²) in [5.41, 5.74) is 2.69. The first-order valence-electron chi connectivity index (χ1n) is 13.1. The van der Waals surface area contributed by atoms with Gasteiger partial charge in [0.25, 0.3) is 0 Å². The molecule has 0 bridgehead atoms. The second-order valence-corrected chi connectivity index (χ2v) is 11.7. The molecule has 0 atom stereocenters. The van der Waals surface area contributed by atoms with Crippen LogP contribution in [0.1, 0.15) is 30.0 Å². The number of hydrogen-bond donors (Lipinski definition) is 2. The van der Waals surface area contributed by atoms with Gasteiger partial charge in [-0.15, -0.1) is 0 Å². The van der Waals surface area contributed by atoms with Crippen molar-refractivity contribution in [2.75, 3.05) is 18.9 Å². The van der Waals surface area contributed by atoms with Gasteiger partial charge >= 0.3 is 0 Å². The van der Waals surface area contributed by atoms with Gasteiger partial charge in [0.1, 0.15) is 29.6 Å². The maximum absolute atomic E-state index is 13.8. The van der Waals surface area contributed by atoms with Crippen LogP contribution in [-0.2, 0) is 23.2 Å². The molecule has 0 aliphatic rings. The summed E-state index contributed by atoms with van der Waals surface area (Å²) in [6.07, 6.45) is 0.643. The molecule has 0 heterocycles. The maximum Gasteiger partial charge on any atom is 0.246 e. The molecule has 10 heteroatoms. The Labute approximate surface area is 246 Å². The van der Waals surface area contributed by atoms with Crippen molar-refractivity contribution in [2.45, 2.75) is 31.5 Å². The van der Waals surface area contributed by atoms with Crippen LogP contribution in [0.25, 0.3) is 0 Å². The van der Waals surface area contributed by atoms with Crippen molar-refractivity contribution < 1.29 is 17.9 Å². The number of rotatable bonds is 12. The largest absolute Gasteiger partial charge is 0.488 e. The van der Waals surface area contributed by atoms with Crippen molar-refractivity contribution in [1.29, 1.82) is 0 Å². The summed E-state index contributed by atoms with van der Waals surface area (Å²) < 4.78 is 41.3. The molecule has 0 spiro atoms. The average Bonchev–Trinajstić information content (AvgIpc) is 2.99. The Morgan fingerprint density at radius 3 is 2.00 bits per heavy atom. The number of halogens is 1. The third kappa shape index (κ3) is 7.58. The molecule has 4 rings (SSSR count). The fourth-order valence-corrected chi connectivity index (χ4v) is 5.67.